The number of nitrogens with zero attached hydrogens (tertiary/aromatic N) is 3. The molecule has 23 heavy (non-hydrogen) atoms. The van der Waals surface area contributed by atoms with Crippen LogP contribution in [0.5, 0.6) is 0 Å². The molecule has 1 aliphatic rings. The minimum atomic E-state index is -0.527. The van der Waals surface area contributed by atoms with Crippen molar-refractivity contribution in [3.05, 3.63) is 46.1 Å². The molecule has 0 aliphatic heterocycles. The van der Waals surface area contributed by atoms with Crippen molar-refractivity contribution >= 4 is 22.5 Å². The number of aliphatic hydroxyl groups excluding tert-OH is 1. The number of nitro groups is 1. The highest BCUT2D eigenvalue weighted by atomic mass is 16.6. The predicted octanol–water partition coefficient (Wildman–Crippen LogP) is 1.99. The van der Waals surface area contributed by atoms with Crippen LogP contribution in [-0.2, 0) is 0 Å². The maximum Gasteiger partial charge on any atom is 0.278 e. The van der Waals surface area contributed by atoms with Crippen molar-refractivity contribution in [2.24, 2.45) is 5.92 Å². The molecule has 1 atom stereocenters. The fourth-order valence-electron chi connectivity index (χ4n) is 2.69. The number of carbonyl (C=O) groups is 1. The van der Waals surface area contributed by atoms with Crippen molar-refractivity contribution in [2.45, 2.75) is 18.9 Å². The highest BCUT2D eigenvalue weighted by molar-refractivity contribution is 6.07. The summed E-state index contributed by atoms with van der Waals surface area (Å²) in [5.41, 5.74) is 0.529. The van der Waals surface area contributed by atoms with E-state index < -0.39 is 11.0 Å². The lowest BCUT2D eigenvalue weighted by Gasteiger charge is -2.21. The summed E-state index contributed by atoms with van der Waals surface area (Å²) in [6, 6.07) is 5.93. The smallest absolute Gasteiger partial charge is 0.278 e. The Bertz CT molecular complexity index is 773. The van der Waals surface area contributed by atoms with Crippen LogP contribution in [0, 0.1) is 16.0 Å². The molecule has 1 aliphatic carbocycles. The van der Waals surface area contributed by atoms with E-state index in [2.05, 4.69) is 4.98 Å². The number of carbonyl (C=O) groups excluding carboxylic acids is 1. The van der Waals surface area contributed by atoms with E-state index in [4.69, 9.17) is 0 Å². The molecule has 0 saturated heterocycles. The highest BCUT2D eigenvalue weighted by Crippen LogP contribution is 2.33. The van der Waals surface area contributed by atoms with E-state index in [1.165, 1.54) is 23.2 Å². The number of fused-ring (bicyclic) bond motifs is 1. The van der Waals surface area contributed by atoms with Crippen molar-refractivity contribution in [3.63, 3.8) is 0 Å². The summed E-state index contributed by atoms with van der Waals surface area (Å²) < 4.78 is 0. The lowest BCUT2D eigenvalue weighted by atomic mass is 10.1. The van der Waals surface area contributed by atoms with Crippen LogP contribution in [-0.4, -0.2) is 45.5 Å². The maximum atomic E-state index is 12.6. The Morgan fingerprint density at radius 1 is 1.48 bits per heavy atom. The Morgan fingerprint density at radius 3 is 2.87 bits per heavy atom. The summed E-state index contributed by atoms with van der Waals surface area (Å²) in [5.74, 6) is -0.0275. The average Bonchev–Trinajstić information content (AvgIpc) is 3.37. The van der Waals surface area contributed by atoms with Crippen LogP contribution in [0.4, 0.5) is 5.69 Å². The van der Waals surface area contributed by atoms with Crippen LogP contribution in [0.25, 0.3) is 10.9 Å². The zero-order valence-corrected chi connectivity index (χ0v) is 12.7. The number of benzene rings is 1. The standard InChI is InChI=1S/C16H17N3O4/c1-18(9-14(20)10-4-5-10)16(21)12-6-7-13(19(22)23)11-3-2-8-17-15(11)12/h2-3,6-8,10,14,20H,4-5,9H2,1H3. The van der Waals surface area contributed by atoms with E-state index in [-0.39, 0.29) is 24.1 Å². The second-order valence-electron chi connectivity index (χ2n) is 5.88. The second-order valence-corrected chi connectivity index (χ2v) is 5.88. The molecule has 1 fully saturated rings. The van der Waals surface area contributed by atoms with Crippen LogP contribution < -0.4 is 0 Å². The van der Waals surface area contributed by atoms with Crippen LogP contribution in [0.15, 0.2) is 30.5 Å². The SMILES string of the molecule is CN(CC(O)C1CC1)C(=O)c1ccc([N+](=O)[O-])c2cccnc12. The summed E-state index contributed by atoms with van der Waals surface area (Å²) in [6.45, 7) is 0.245. The van der Waals surface area contributed by atoms with Gasteiger partial charge in [0.05, 0.1) is 27.5 Å². The number of pyridine rings is 1. The molecule has 0 spiro atoms. The zero-order valence-electron chi connectivity index (χ0n) is 12.7. The molecule has 2 aromatic rings. The van der Waals surface area contributed by atoms with E-state index in [0.717, 1.165) is 12.8 Å². The van der Waals surface area contributed by atoms with Gasteiger partial charge in [0.2, 0.25) is 0 Å². The average molecular weight is 315 g/mol. The van der Waals surface area contributed by atoms with Crippen molar-refractivity contribution in [2.75, 3.05) is 13.6 Å². The number of hydrogen-bond donors (Lipinski definition) is 1. The molecule has 0 radical (unpaired) electrons. The van der Waals surface area contributed by atoms with Crippen LogP contribution in [0.2, 0.25) is 0 Å². The molecular formula is C16H17N3O4. The second kappa shape index (κ2) is 5.92. The molecule has 3 rings (SSSR count). The monoisotopic (exact) mass is 315 g/mol. The van der Waals surface area contributed by atoms with Crippen molar-refractivity contribution in [3.8, 4) is 0 Å². The molecule has 120 valence electrons. The number of nitro benzene ring substituents is 1. The summed E-state index contributed by atoms with van der Waals surface area (Å²) >= 11 is 0. The molecule has 1 heterocycles. The first-order chi connectivity index (χ1) is 11.0. The van der Waals surface area contributed by atoms with Gasteiger partial charge in [0.15, 0.2) is 0 Å². The van der Waals surface area contributed by atoms with Gasteiger partial charge in [-0.05, 0) is 37.0 Å². The van der Waals surface area contributed by atoms with Gasteiger partial charge in [-0.3, -0.25) is 19.9 Å². The first kappa shape index (κ1) is 15.4. The van der Waals surface area contributed by atoms with Crippen molar-refractivity contribution < 1.29 is 14.8 Å². The molecule has 1 unspecified atom stereocenters. The normalized spacial score (nSPS) is 15.4. The first-order valence-electron chi connectivity index (χ1n) is 7.44. The molecule has 1 aromatic carbocycles. The van der Waals surface area contributed by atoms with Gasteiger partial charge in [0.25, 0.3) is 11.6 Å². The molecule has 0 bridgehead atoms. The number of amides is 1. The minimum Gasteiger partial charge on any atom is -0.391 e. The van der Waals surface area contributed by atoms with Gasteiger partial charge in [-0.1, -0.05) is 0 Å². The number of aliphatic hydroxyl groups is 1. The molecular weight excluding hydrogens is 298 g/mol. The van der Waals surface area contributed by atoms with E-state index in [1.807, 2.05) is 0 Å². The highest BCUT2D eigenvalue weighted by Gasteiger charge is 2.31. The number of rotatable bonds is 5. The van der Waals surface area contributed by atoms with Crippen LogP contribution >= 0.6 is 0 Å². The largest absolute Gasteiger partial charge is 0.391 e. The van der Waals surface area contributed by atoms with E-state index in [1.54, 1.807) is 19.2 Å². The predicted molar refractivity (Wildman–Crippen MR) is 84.1 cm³/mol. The fraction of sp³-hybridized carbons (Fsp3) is 0.375. The summed E-state index contributed by atoms with van der Waals surface area (Å²) in [5, 5.41) is 21.4. The Hall–Kier alpha value is -2.54. The quantitative estimate of drug-likeness (QED) is 0.672. The minimum absolute atomic E-state index is 0.0784. The van der Waals surface area contributed by atoms with Gasteiger partial charge in [0.1, 0.15) is 0 Å². The topological polar surface area (TPSA) is 96.6 Å². The number of hydrogen-bond acceptors (Lipinski definition) is 5. The van der Waals surface area contributed by atoms with Gasteiger partial charge in [-0.15, -0.1) is 0 Å². The fourth-order valence-corrected chi connectivity index (χ4v) is 2.69. The van der Waals surface area contributed by atoms with Gasteiger partial charge >= 0.3 is 0 Å². The lowest BCUT2D eigenvalue weighted by molar-refractivity contribution is -0.383. The first-order valence-corrected chi connectivity index (χ1v) is 7.44. The zero-order chi connectivity index (χ0) is 16.6. The number of aromatic nitrogens is 1. The van der Waals surface area contributed by atoms with E-state index >= 15 is 0 Å². The number of likely N-dealkylation sites (N-methyl/N-ethyl adjacent to an activating group) is 1. The molecule has 7 heteroatoms. The lowest BCUT2D eigenvalue weighted by Crippen LogP contribution is -2.35. The Balaban J connectivity index is 1.94. The summed E-state index contributed by atoms with van der Waals surface area (Å²) in [7, 11) is 1.62. The summed E-state index contributed by atoms with van der Waals surface area (Å²) in [4.78, 5) is 28.8. The van der Waals surface area contributed by atoms with Gasteiger partial charge < -0.3 is 10.0 Å². The Kier molecular flexibility index (Phi) is 3.96. The van der Waals surface area contributed by atoms with Crippen LogP contribution in [0.1, 0.15) is 23.2 Å². The van der Waals surface area contributed by atoms with Crippen LogP contribution in [0.3, 0.4) is 0 Å². The third-order valence-electron chi connectivity index (χ3n) is 4.15. The van der Waals surface area contributed by atoms with E-state index in [0.29, 0.717) is 16.5 Å². The molecule has 1 N–H and O–H groups in total. The number of non-ortho nitro benzene ring substituents is 1. The third-order valence-corrected chi connectivity index (χ3v) is 4.15. The van der Waals surface area contributed by atoms with Crippen molar-refractivity contribution in [1.82, 2.24) is 9.88 Å². The van der Waals surface area contributed by atoms with E-state index in [9.17, 15) is 20.0 Å². The Labute approximate surface area is 132 Å². The molecule has 1 saturated carbocycles. The Morgan fingerprint density at radius 2 is 2.22 bits per heavy atom. The maximum absolute atomic E-state index is 12.6. The van der Waals surface area contributed by atoms with Gasteiger partial charge in [0, 0.05) is 25.9 Å². The molecule has 7 nitrogen and oxygen atoms in total. The van der Waals surface area contributed by atoms with Gasteiger partial charge in [-0.2, -0.15) is 0 Å². The summed E-state index contributed by atoms with van der Waals surface area (Å²) in [6.07, 6.45) is 2.96. The van der Waals surface area contributed by atoms with Crippen molar-refractivity contribution in [1.29, 1.82) is 0 Å². The third kappa shape index (κ3) is 3.00. The molecule has 1 aromatic heterocycles. The van der Waals surface area contributed by atoms with Gasteiger partial charge in [-0.25, -0.2) is 0 Å². The molecule has 1 amide bonds.